The lowest BCUT2D eigenvalue weighted by molar-refractivity contribution is 0.335. The Morgan fingerprint density at radius 1 is 1.25 bits per heavy atom. The van der Waals surface area contributed by atoms with Crippen LogP contribution in [0.15, 0.2) is 23.1 Å². The van der Waals surface area contributed by atoms with Gasteiger partial charge in [-0.25, -0.2) is 12.7 Å². The summed E-state index contributed by atoms with van der Waals surface area (Å²) in [7, 11) is -0.355. The van der Waals surface area contributed by atoms with E-state index in [9.17, 15) is 8.42 Å². The molecular formula is C14H24N2O3S. The Hall–Kier alpha value is -1.11. The van der Waals surface area contributed by atoms with Crippen LogP contribution in [0.25, 0.3) is 0 Å². The van der Waals surface area contributed by atoms with Crippen LogP contribution in [-0.4, -0.2) is 40.0 Å². The Morgan fingerprint density at radius 2 is 1.95 bits per heavy atom. The van der Waals surface area contributed by atoms with Crippen LogP contribution in [0.5, 0.6) is 5.75 Å². The number of rotatable bonds is 8. The fourth-order valence-corrected chi connectivity index (χ4v) is 2.71. The van der Waals surface area contributed by atoms with E-state index in [2.05, 4.69) is 12.2 Å². The normalized spacial score (nSPS) is 11.8. The van der Waals surface area contributed by atoms with Crippen LogP contribution in [0, 0.1) is 0 Å². The van der Waals surface area contributed by atoms with Crippen molar-refractivity contribution in [3.63, 3.8) is 0 Å². The quantitative estimate of drug-likeness (QED) is 0.744. The zero-order valence-corrected chi connectivity index (χ0v) is 13.5. The van der Waals surface area contributed by atoms with Gasteiger partial charge in [-0.3, -0.25) is 0 Å². The van der Waals surface area contributed by atoms with Crippen molar-refractivity contribution in [2.45, 2.75) is 31.7 Å². The number of nitrogens with zero attached hydrogens (tertiary/aromatic N) is 1. The van der Waals surface area contributed by atoms with Crippen LogP contribution in [-0.2, 0) is 16.6 Å². The van der Waals surface area contributed by atoms with Crippen molar-refractivity contribution < 1.29 is 13.2 Å². The van der Waals surface area contributed by atoms with Gasteiger partial charge in [-0.05, 0) is 38.1 Å². The highest BCUT2D eigenvalue weighted by Crippen LogP contribution is 2.24. The van der Waals surface area contributed by atoms with E-state index in [1.807, 2.05) is 6.92 Å². The van der Waals surface area contributed by atoms with Crippen LogP contribution >= 0.6 is 0 Å². The third-order valence-corrected chi connectivity index (χ3v) is 4.66. The molecule has 0 saturated heterocycles. The number of hydrogen-bond acceptors (Lipinski definition) is 4. The molecule has 6 heteroatoms. The monoisotopic (exact) mass is 300 g/mol. The molecule has 114 valence electrons. The number of hydrogen-bond donors (Lipinski definition) is 1. The first-order chi connectivity index (χ1) is 9.43. The molecule has 0 aliphatic rings. The van der Waals surface area contributed by atoms with E-state index in [4.69, 9.17) is 4.74 Å². The molecule has 0 bridgehead atoms. The molecule has 0 atom stereocenters. The molecule has 1 aromatic carbocycles. The first-order valence-corrected chi connectivity index (χ1v) is 8.26. The second-order valence-corrected chi connectivity index (χ2v) is 6.82. The standard InChI is InChI=1S/C14H24N2O3S/c1-5-9-15-11-12-10-13(20(17,18)16(3)4)7-8-14(12)19-6-2/h7-8,10,15H,5-6,9,11H2,1-4H3. The predicted molar refractivity (Wildman–Crippen MR) is 80.5 cm³/mol. The Balaban J connectivity index is 3.09. The lowest BCUT2D eigenvalue weighted by Gasteiger charge is -2.15. The maximum absolute atomic E-state index is 12.1. The number of benzene rings is 1. The van der Waals surface area contributed by atoms with Crippen molar-refractivity contribution in [1.29, 1.82) is 0 Å². The Kier molecular flexibility index (Phi) is 6.45. The summed E-state index contributed by atoms with van der Waals surface area (Å²) in [4.78, 5) is 0.291. The van der Waals surface area contributed by atoms with E-state index in [1.165, 1.54) is 18.4 Å². The van der Waals surface area contributed by atoms with Crippen molar-refractivity contribution in [2.75, 3.05) is 27.2 Å². The third-order valence-electron chi connectivity index (χ3n) is 2.85. The van der Waals surface area contributed by atoms with Crippen LogP contribution in [0.3, 0.4) is 0 Å². The van der Waals surface area contributed by atoms with Crippen LogP contribution in [0.1, 0.15) is 25.8 Å². The number of ether oxygens (including phenoxy) is 1. The molecule has 0 aromatic heterocycles. The van der Waals surface area contributed by atoms with Crippen molar-refractivity contribution >= 4 is 10.0 Å². The van der Waals surface area contributed by atoms with E-state index < -0.39 is 10.0 Å². The summed E-state index contributed by atoms with van der Waals surface area (Å²) in [5.74, 6) is 0.730. The van der Waals surface area contributed by atoms with Crippen molar-refractivity contribution in [1.82, 2.24) is 9.62 Å². The summed E-state index contributed by atoms with van der Waals surface area (Å²) < 4.78 is 31.1. The molecule has 0 heterocycles. The lowest BCUT2D eigenvalue weighted by Crippen LogP contribution is -2.23. The average Bonchev–Trinajstić information content (AvgIpc) is 2.40. The van der Waals surface area contributed by atoms with E-state index in [0.717, 1.165) is 24.3 Å². The minimum Gasteiger partial charge on any atom is -0.494 e. The Morgan fingerprint density at radius 3 is 2.50 bits per heavy atom. The van der Waals surface area contributed by atoms with Gasteiger partial charge in [-0.15, -0.1) is 0 Å². The SMILES string of the molecule is CCCNCc1cc(S(=O)(=O)N(C)C)ccc1OCC. The molecule has 1 N–H and O–H groups in total. The fraction of sp³-hybridized carbons (Fsp3) is 0.571. The maximum Gasteiger partial charge on any atom is 0.242 e. The second kappa shape index (κ2) is 7.61. The molecule has 1 aromatic rings. The summed E-state index contributed by atoms with van der Waals surface area (Å²) in [6.07, 6.45) is 1.03. The van der Waals surface area contributed by atoms with Gasteiger partial charge in [0.1, 0.15) is 5.75 Å². The molecule has 0 radical (unpaired) electrons. The lowest BCUT2D eigenvalue weighted by atomic mass is 10.2. The van der Waals surface area contributed by atoms with Gasteiger partial charge in [0.25, 0.3) is 0 Å². The van der Waals surface area contributed by atoms with Gasteiger partial charge in [0.05, 0.1) is 11.5 Å². The second-order valence-electron chi connectivity index (χ2n) is 4.67. The smallest absolute Gasteiger partial charge is 0.242 e. The van der Waals surface area contributed by atoms with E-state index in [1.54, 1.807) is 18.2 Å². The van der Waals surface area contributed by atoms with Gasteiger partial charge in [-0.2, -0.15) is 0 Å². The number of nitrogens with one attached hydrogen (secondary N) is 1. The fourth-order valence-electron chi connectivity index (χ4n) is 1.76. The summed E-state index contributed by atoms with van der Waals surface area (Å²) in [6, 6.07) is 5.00. The summed E-state index contributed by atoms with van der Waals surface area (Å²) in [6.45, 7) is 6.04. The van der Waals surface area contributed by atoms with E-state index in [-0.39, 0.29) is 0 Å². The zero-order chi connectivity index (χ0) is 15.2. The van der Waals surface area contributed by atoms with E-state index in [0.29, 0.717) is 18.0 Å². The summed E-state index contributed by atoms with van der Waals surface area (Å²) in [5, 5.41) is 3.27. The van der Waals surface area contributed by atoms with Gasteiger partial charge in [-0.1, -0.05) is 6.92 Å². The van der Waals surface area contributed by atoms with Gasteiger partial charge < -0.3 is 10.1 Å². The Labute approximate surface area is 122 Å². The highest BCUT2D eigenvalue weighted by molar-refractivity contribution is 7.89. The molecule has 0 amide bonds. The summed E-state index contributed by atoms with van der Waals surface area (Å²) in [5.41, 5.74) is 0.864. The first kappa shape index (κ1) is 16.9. The molecule has 5 nitrogen and oxygen atoms in total. The van der Waals surface area contributed by atoms with Crippen molar-refractivity contribution in [3.8, 4) is 5.75 Å². The molecular weight excluding hydrogens is 276 g/mol. The summed E-state index contributed by atoms with van der Waals surface area (Å²) >= 11 is 0. The molecule has 1 rings (SSSR count). The maximum atomic E-state index is 12.1. The predicted octanol–water partition coefficient (Wildman–Crippen LogP) is 1.84. The average molecular weight is 300 g/mol. The molecule has 20 heavy (non-hydrogen) atoms. The molecule has 0 saturated carbocycles. The van der Waals surface area contributed by atoms with Crippen LogP contribution in [0.2, 0.25) is 0 Å². The highest BCUT2D eigenvalue weighted by atomic mass is 32.2. The van der Waals surface area contributed by atoms with Gasteiger partial charge in [0, 0.05) is 26.2 Å². The minimum atomic E-state index is -3.41. The topological polar surface area (TPSA) is 58.6 Å². The molecule has 0 unspecified atom stereocenters. The molecule has 0 aliphatic heterocycles. The molecule has 0 spiro atoms. The van der Waals surface area contributed by atoms with Crippen LogP contribution in [0.4, 0.5) is 0 Å². The van der Waals surface area contributed by atoms with Gasteiger partial charge >= 0.3 is 0 Å². The highest BCUT2D eigenvalue weighted by Gasteiger charge is 2.18. The van der Waals surface area contributed by atoms with Crippen LogP contribution < -0.4 is 10.1 Å². The Bertz CT molecular complexity index is 527. The molecule has 0 fully saturated rings. The van der Waals surface area contributed by atoms with Gasteiger partial charge in [0.2, 0.25) is 10.0 Å². The zero-order valence-electron chi connectivity index (χ0n) is 12.6. The minimum absolute atomic E-state index is 0.291. The first-order valence-electron chi connectivity index (χ1n) is 6.82. The number of sulfonamides is 1. The largest absolute Gasteiger partial charge is 0.494 e. The van der Waals surface area contributed by atoms with Crippen molar-refractivity contribution in [3.05, 3.63) is 23.8 Å². The van der Waals surface area contributed by atoms with Crippen molar-refractivity contribution in [2.24, 2.45) is 0 Å². The van der Waals surface area contributed by atoms with E-state index >= 15 is 0 Å². The third kappa shape index (κ3) is 4.19. The van der Waals surface area contributed by atoms with Gasteiger partial charge in [0.15, 0.2) is 0 Å². The molecule has 0 aliphatic carbocycles.